The number of amides is 2. The number of rotatable bonds is 5. The molecule has 5 heterocycles. The molecule has 2 saturated heterocycles. The molecule has 0 radical (unpaired) electrons. The van der Waals surface area contributed by atoms with Gasteiger partial charge in [0.05, 0.1) is 25.4 Å². The Kier molecular flexibility index (Phi) is 5.70. The highest BCUT2D eigenvalue weighted by atomic mass is 16.7. The number of ether oxygens (including phenoxy) is 4. The molecule has 2 bridgehead atoms. The summed E-state index contributed by atoms with van der Waals surface area (Å²) in [6, 6.07) is 6.17. The quantitative estimate of drug-likeness (QED) is 0.646. The Morgan fingerprint density at radius 2 is 2.09 bits per heavy atom. The second-order valence-electron chi connectivity index (χ2n) is 8.74. The summed E-state index contributed by atoms with van der Waals surface area (Å²) in [6.45, 7) is 5.91. The van der Waals surface area contributed by atoms with Crippen LogP contribution < -0.4 is 19.9 Å². The van der Waals surface area contributed by atoms with Crippen molar-refractivity contribution in [2.75, 3.05) is 48.5 Å². The Morgan fingerprint density at radius 1 is 1.24 bits per heavy atom. The van der Waals surface area contributed by atoms with Crippen molar-refractivity contribution in [1.82, 2.24) is 15.2 Å². The molecule has 0 saturated carbocycles. The molecule has 12 nitrogen and oxygen atoms in total. The largest absolute Gasteiger partial charge is 0.474 e. The van der Waals surface area contributed by atoms with Crippen molar-refractivity contribution in [1.29, 1.82) is 0 Å². The molecule has 1 N–H and O–H groups in total. The van der Waals surface area contributed by atoms with Crippen molar-refractivity contribution in [2.45, 2.75) is 38.2 Å². The van der Waals surface area contributed by atoms with Crippen molar-refractivity contribution in [3.8, 4) is 5.88 Å². The van der Waals surface area contributed by atoms with E-state index in [-0.39, 0.29) is 30.3 Å². The maximum Gasteiger partial charge on any atom is 0.356 e. The lowest BCUT2D eigenvalue weighted by atomic mass is 10.2. The number of anilines is 3. The zero-order valence-electron chi connectivity index (χ0n) is 19.2. The molecule has 1 unspecified atom stereocenters. The van der Waals surface area contributed by atoms with E-state index in [0.29, 0.717) is 24.8 Å². The number of aromatic nitrogens is 3. The monoisotopic (exact) mass is 470 g/mol. The summed E-state index contributed by atoms with van der Waals surface area (Å²) in [6.07, 6.45) is 0.600. The lowest BCUT2D eigenvalue weighted by Gasteiger charge is -2.35. The molecule has 2 aromatic rings. The Balaban J connectivity index is 1.27. The lowest BCUT2D eigenvalue weighted by Crippen LogP contribution is -2.48. The van der Waals surface area contributed by atoms with Crippen LogP contribution in [0.25, 0.3) is 0 Å². The molecule has 2 amide bonds. The molecule has 3 aliphatic heterocycles. The van der Waals surface area contributed by atoms with Gasteiger partial charge in [0.15, 0.2) is 23.1 Å². The van der Waals surface area contributed by atoms with Crippen LogP contribution in [0.2, 0.25) is 0 Å². The topological polar surface area (TPSA) is 128 Å². The highest BCUT2D eigenvalue weighted by Crippen LogP contribution is 2.39. The molecule has 0 spiro atoms. The van der Waals surface area contributed by atoms with Crippen LogP contribution in [0.3, 0.4) is 0 Å². The van der Waals surface area contributed by atoms with Crippen molar-refractivity contribution in [3.63, 3.8) is 0 Å². The fourth-order valence-electron chi connectivity index (χ4n) is 4.35. The standard InChI is InChI=1S/C22H26N6O6/c1-22(2)33-12-14(34-22)11-32-18-7-6-17(25-26-18)24-21(30)28-13-8-9-27(10-13)16-5-4-15(20(29)31-3)23-19(16)28/h4-7,13-14H,8-12H2,1-3H3,(H,24,25,30)/t13?,14-/m1/s1. The van der Waals surface area contributed by atoms with E-state index in [4.69, 9.17) is 18.9 Å². The average Bonchev–Trinajstić information content (AvgIpc) is 3.41. The van der Waals surface area contributed by atoms with Gasteiger partial charge < -0.3 is 23.8 Å². The number of hydrogen-bond donors (Lipinski definition) is 1. The van der Waals surface area contributed by atoms with E-state index in [0.717, 1.165) is 18.7 Å². The molecular formula is C22H26N6O6. The van der Waals surface area contributed by atoms with E-state index in [1.165, 1.54) is 7.11 Å². The molecular weight excluding hydrogens is 444 g/mol. The molecule has 2 atom stereocenters. The number of urea groups is 1. The van der Waals surface area contributed by atoms with E-state index in [1.807, 2.05) is 13.8 Å². The number of nitrogens with one attached hydrogen (secondary N) is 1. The number of carbonyl (C=O) groups excluding carboxylic acids is 2. The molecule has 2 aromatic heterocycles. The maximum absolute atomic E-state index is 13.2. The van der Waals surface area contributed by atoms with E-state index in [2.05, 4.69) is 25.4 Å². The molecule has 12 heteroatoms. The predicted octanol–water partition coefficient (Wildman–Crippen LogP) is 1.82. The zero-order valence-corrected chi connectivity index (χ0v) is 19.2. The van der Waals surface area contributed by atoms with Gasteiger partial charge in [-0.2, -0.15) is 0 Å². The zero-order chi connectivity index (χ0) is 23.9. The summed E-state index contributed by atoms with van der Waals surface area (Å²) in [5.41, 5.74) is 0.940. The van der Waals surface area contributed by atoms with Crippen LogP contribution in [0.4, 0.5) is 22.1 Å². The highest BCUT2D eigenvalue weighted by molar-refractivity contribution is 6.04. The second-order valence-corrected chi connectivity index (χ2v) is 8.74. The summed E-state index contributed by atoms with van der Waals surface area (Å²) in [4.78, 5) is 33.4. The van der Waals surface area contributed by atoms with Crippen LogP contribution >= 0.6 is 0 Å². The van der Waals surface area contributed by atoms with E-state index in [1.54, 1.807) is 29.2 Å². The number of nitrogens with zero attached hydrogens (tertiary/aromatic N) is 5. The van der Waals surface area contributed by atoms with Gasteiger partial charge in [-0.25, -0.2) is 14.6 Å². The summed E-state index contributed by atoms with van der Waals surface area (Å²) >= 11 is 0. The SMILES string of the molecule is COC(=O)c1ccc2c(n1)N(C(=O)Nc1ccc(OC[C@@H]3COC(C)(C)O3)nn1)C1CCN2C1. The third kappa shape index (κ3) is 4.33. The molecule has 5 rings (SSSR count). The first-order chi connectivity index (χ1) is 16.3. The number of hydrogen-bond acceptors (Lipinski definition) is 10. The first kappa shape index (κ1) is 22.3. The highest BCUT2D eigenvalue weighted by Gasteiger charge is 2.40. The van der Waals surface area contributed by atoms with Gasteiger partial charge in [0.25, 0.3) is 0 Å². The lowest BCUT2D eigenvalue weighted by molar-refractivity contribution is -0.141. The minimum absolute atomic E-state index is 0.0682. The van der Waals surface area contributed by atoms with Gasteiger partial charge in [0.2, 0.25) is 5.88 Å². The summed E-state index contributed by atoms with van der Waals surface area (Å²) in [7, 11) is 1.29. The Hall–Kier alpha value is -3.51. The van der Waals surface area contributed by atoms with Gasteiger partial charge in [-0.05, 0) is 38.5 Å². The number of esters is 1. The smallest absolute Gasteiger partial charge is 0.356 e. The third-order valence-corrected chi connectivity index (χ3v) is 5.92. The minimum Gasteiger partial charge on any atom is -0.474 e. The van der Waals surface area contributed by atoms with E-state index < -0.39 is 17.8 Å². The number of fused-ring (bicyclic) bond motifs is 4. The van der Waals surface area contributed by atoms with Gasteiger partial charge in [0, 0.05) is 19.2 Å². The first-order valence-electron chi connectivity index (χ1n) is 11.1. The maximum atomic E-state index is 13.2. The van der Waals surface area contributed by atoms with Crippen LogP contribution in [0.15, 0.2) is 24.3 Å². The number of methoxy groups -OCH3 is 1. The summed E-state index contributed by atoms with van der Waals surface area (Å²) in [5, 5.41) is 10.9. The second kappa shape index (κ2) is 8.69. The van der Waals surface area contributed by atoms with Gasteiger partial charge in [0.1, 0.15) is 12.7 Å². The Bertz CT molecular complexity index is 1090. The predicted molar refractivity (Wildman–Crippen MR) is 120 cm³/mol. The van der Waals surface area contributed by atoms with Crippen LogP contribution in [-0.2, 0) is 14.2 Å². The van der Waals surface area contributed by atoms with E-state index in [9.17, 15) is 9.59 Å². The summed E-state index contributed by atoms with van der Waals surface area (Å²) in [5.74, 6) is -0.182. The Labute approximate surface area is 196 Å². The molecule has 0 aliphatic carbocycles. The van der Waals surface area contributed by atoms with Gasteiger partial charge in [-0.1, -0.05) is 0 Å². The Morgan fingerprint density at radius 3 is 2.79 bits per heavy atom. The number of carbonyl (C=O) groups is 2. The molecule has 3 aliphatic rings. The van der Waals surface area contributed by atoms with Crippen LogP contribution in [0.1, 0.15) is 30.8 Å². The average molecular weight is 470 g/mol. The minimum atomic E-state index is -0.621. The van der Waals surface area contributed by atoms with E-state index >= 15 is 0 Å². The van der Waals surface area contributed by atoms with Gasteiger partial charge in [-0.15, -0.1) is 10.2 Å². The van der Waals surface area contributed by atoms with Crippen molar-refractivity contribution in [2.24, 2.45) is 0 Å². The molecule has 180 valence electrons. The third-order valence-electron chi connectivity index (χ3n) is 5.92. The van der Waals surface area contributed by atoms with Crippen LogP contribution in [0, 0.1) is 0 Å². The van der Waals surface area contributed by atoms with Crippen molar-refractivity contribution >= 4 is 29.3 Å². The first-order valence-corrected chi connectivity index (χ1v) is 11.1. The van der Waals surface area contributed by atoms with Crippen molar-refractivity contribution < 1.29 is 28.5 Å². The number of pyridine rings is 1. The normalized spacial score (nSPS) is 22.3. The van der Waals surface area contributed by atoms with Crippen LogP contribution in [0.5, 0.6) is 5.88 Å². The fraction of sp³-hybridized carbons (Fsp3) is 0.500. The van der Waals surface area contributed by atoms with Crippen LogP contribution in [-0.4, -0.2) is 78.5 Å². The van der Waals surface area contributed by atoms with Gasteiger partial charge in [-0.3, -0.25) is 10.2 Å². The van der Waals surface area contributed by atoms with Gasteiger partial charge >= 0.3 is 12.0 Å². The molecule has 2 fully saturated rings. The molecule has 0 aromatic carbocycles. The molecule has 34 heavy (non-hydrogen) atoms. The summed E-state index contributed by atoms with van der Waals surface area (Å²) < 4.78 is 21.6. The van der Waals surface area contributed by atoms with Crippen molar-refractivity contribution in [3.05, 3.63) is 30.0 Å². The fourth-order valence-corrected chi connectivity index (χ4v) is 4.35.